The fourth-order valence-electron chi connectivity index (χ4n) is 2.56. The molecule has 1 atom stereocenters. The zero-order chi connectivity index (χ0) is 21.3. The predicted molar refractivity (Wildman–Crippen MR) is 97.6 cm³/mol. The van der Waals surface area contributed by atoms with Gasteiger partial charge in [0.15, 0.2) is 0 Å². The van der Waals surface area contributed by atoms with Crippen molar-refractivity contribution >= 4 is 33.0 Å². The SMILES string of the molecule is CCC(Nc1cc(Cl)c(C(F)(F)F)cc1[N+](=O)[O-])c1cccc(S(N)(=O)=O)c1. The van der Waals surface area contributed by atoms with Crippen molar-refractivity contribution in [3.8, 4) is 0 Å². The lowest BCUT2D eigenvalue weighted by molar-refractivity contribution is -0.384. The van der Waals surface area contributed by atoms with Gasteiger partial charge >= 0.3 is 6.18 Å². The maximum atomic E-state index is 13.0. The molecule has 2 aromatic carbocycles. The zero-order valence-electron chi connectivity index (χ0n) is 14.3. The highest BCUT2D eigenvalue weighted by atomic mass is 35.5. The smallest absolute Gasteiger partial charge is 0.373 e. The second-order valence-electron chi connectivity index (χ2n) is 5.83. The Balaban J connectivity index is 2.51. The summed E-state index contributed by atoms with van der Waals surface area (Å²) < 4.78 is 62.0. The van der Waals surface area contributed by atoms with Gasteiger partial charge in [-0.15, -0.1) is 0 Å². The van der Waals surface area contributed by atoms with Gasteiger partial charge in [-0.2, -0.15) is 13.2 Å². The lowest BCUT2D eigenvalue weighted by atomic mass is 10.0. The number of hydrogen-bond donors (Lipinski definition) is 2. The standard InChI is InChI=1S/C16H15ClF3N3O4S/c1-2-13(9-4-3-5-10(6-9)28(21,26)27)22-14-8-12(17)11(16(18,19)20)7-15(14)23(24)25/h3-8,13,22H,2H2,1H3,(H2,21,26,27). The third-order valence-corrected chi connectivity index (χ3v) is 5.14. The van der Waals surface area contributed by atoms with Crippen LogP contribution in [0.2, 0.25) is 5.02 Å². The lowest BCUT2D eigenvalue weighted by Gasteiger charge is -2.20. The van der Waals surface area contributed by atoms with E-state index in [9.17, 15) is 31.7 Å². The molecule has 0 saturated heterocycles. The normalized spacial score (nSPS) is 13.2. The molecule has 12 heteroatoms. The summed E-state index contributed by atoms with van der Waals surface area (Å²) in [6.45, 7) is 1.71. The van der Waals surface area contributed by atoms with E-state index >= 15 is 0 Å². The largest absolute Gasteiger partial charge is 0.418 e. The third-order valence-electron chi connectivity index (χ3n) is 3.91. The molecule has 0 bridgehead atoms. The molecule has 0 heterocycles. The molecule has 2 rings (SSSR count). The summed E-state index contributed by atoms with van der Waals surface area (Å²) in [5.41, 5.74) is -1.93. The molecule has 0 aliphatic rings. The molecular weight excluding hydrogens is 423 g/mol. The van der Waals surface area contributed by atoms with Crippen LogP contribution in [-0.4, -0.2) is 13.3 Å². The van der Waals surface area contributed by atoms with Gasteiger partial charge in [-0.05, 0) is 30.2 Å². The van der Waals surface area contributed by atoms with E-state index in [2.05, 4.69) is 5.32 Å². The van der Waals surface area contributed by atoms with E-state index in [-0.39, 0.29) is 10.6 Å². The molecule has 0 aliphatic carbocycles. The van der Waals surface area contributed by atoms with E-state index in [0.29, 0.717) is 18.1 Å². The Bertz CT molecular complexity index is 1010. The van der Waals surface area contributed by atoms with E-state index < -0.39 is 43.4 Å². The van der Waals surface area contributed by atoms with E-state index in [0.717, 1.165) is 6.07 Å². The Kier molecular flexibility index (Phi) is 6.21. The third kappa shape index (κ3) is 4.91. The van der Waals surface area contributed by atoms with Crippen LogP contribution >= 0.6 is 11.6 Å². The van der Waals surface area contributed by atoms with Gasteiger partial charge in [0.1, 0.15) is 5.69 Å². The van der Waals surface area contributed by atoms with E-state index in [1.165, 1.54) is 18.2 Å². The Morgan fingerprint density at radius 3 is 2.43 bits per heavy atom. The van der Waals surface area contributed by atoms with Crippen LogP contribution in [0.4, 0.5) is 24.5 Å². The second-order valence-corrected chi connectivity index (χ2v) is 7.80. The number of nitrogens with zero attached hydrogens (tertiary/aromatic N) is 1. The van der Waals surface area contributed by atoms with E-state index in [1.807, 2.05) is 0 Å². The minimum absolute atomic E-state index is 0.162. The Hall–Kier alpha value is -2.37. The molecule has 0 spiro atoms. The summed E-state index contributed by atoms with van der Waals surface area (Å²) in [5, 5.41) is 18.4. The molecule has 0 aliphatic heterocycles. The quantitative estimate of drug-likeness (QED) is 0.510. The molecule has 3 N–H and O–H groups in total. The summed E-state index contributed by atoms with van der Waals surface area (Å²) in [6.07, 6.45) is -4.52. The minimum atomic E-state index is -4.85. The number of nitrogens with two attached hydrogens (primary N) is 1. The van der Waals surface area contributed by atoms with Crippen LogP contribution in [-0.2, 0) is 16.2 Å². The molecule has 2 aromatic rings. The first kappa shape index (κ1) is 21.9. The van der Waals surface area contributed by atoms with Gasteiger partial charge in [-0.25, -0.2) is 13.6 Å². The number of nitro benzene ring substituents is 1. The summed E-state index contributed by atoms with van der Waals surface area (Å²) >= 11 is 5.67. The van der Waals surface area contributed by atoms with Crippen molar-refractivity contribution in [1.29, 1.82) is 0 Å². The number of halogens is 4. The van der Waals surface area contributed by atoms with Crippen molar-refractivity contribution in [3.63, 3.8) is 0 Å². The molecule has 0 aromatic heterocycles. The topological polar surface area (TPSA) is 115 Å². The van der Waals surface area contributed by atoms with Crippen molar-refractivity contribution in [3.05, 3.63) is 62.7 Å². The molecule has 0 radical (unpaired) electrons. The number of hydrogen-bond acceptors (Lipinski definition) is 5. The average molecular weight is 438 g/mol. The fraction of sp³-hybridized carbons (Fsp3) is 0.250. The van der Waals surface area contributed by atoms with Gasteiger partial charge in [0, 0.05) is 6.07 Å². The van der Waals surface area contributed by atoms with Crippen molar-refractivity contribution in [2.24, 2.45) is 5.14 Å². The summed E-state index contributed by atoms with van der Waals surface area (Å²) in [6, 6.07) is 6.11. The molecule has 152 valence electrons. The fourth-order valence-corrected chi connectivity index (χ4v) is 3.40. The summed E-state index contributed by atoms with van der Waals surface area (Å²) in [4.78, 5) is 10.1. The number of alkyl halides is 3. The number of benzene rings is 2. The highest BCUT2D eigenvalue weighted by Crippen LogP contribution is 2.41. The van der Waals surface area contributed by atoms with Crippen LogP contribution < -0.4 is 10.5 Å². The van der Waals surface area contributed by atoms with Crippen LogP contribution in [0.1, 0.15) is 30.5 Å². The first-order valence-corrected chi connectivity index (χ1v) is 9.71. The molecule has 1 unspecified atom stereocenters. The Labute approximate surface area is 163 Å². The zero-order valence-corrected chi connectivity index (χ0v) is 15.9. The molecule has 7 nitrogen and oxygen atoms in total. The van der Waals surface area contributed by atoms with Crippen molar-refractivity contribution in [1.82, 2.24) is 0 Å². The number of nitrogens with one attached hydrogen (secondary N) is 1. The van der Waals surface area contributed by atoms with Gasteiger partial charge in [0.2, 0.25) is 10.0 Å². The maximum Gasteiger partial charge on any atom is 0.418 e. The number of anilines is 1. The minimum Gasteiger partial charge on any atom is -0.373 e. The van der Waals surface area contributed by atoms with Crippen molar-refractivity contribution in [2.45, 2.75) is 30.5 Å². The lowest BCUT2D eigenvalue weighted by Crippen LogP contribution is -2.15. The van der Waals surface area contributed by atoms with Crippen LogP contribution in [0.15, 0.2) is 41.3 Å². The predicted octanol–water partition coefficient (Wildman–Crippen LogP) is 4.48. The van der Waals surface area contributed by atoms with Gasteiger partial charge in [-0.3, -0.25) is 10.1 Å². The van der Waals surface area contributed by atoms with E-state index in [4.69, 9.17) is 16.7 Å². The monoisotopic (exact) mass is 437 g/mol. The molecular formula is C16H15ClF3N3O4S. The number of primary sulfonamides is 1. The maximum absolute atomic E-state index is 13.0. The van der Waals surface area contributed by atoms with Crippen molar-refractivity contribution in [2.75, 3.05) is 5.32 Å². The van der Waals surface area contributed by atoms with E-state index in [1.54, 1.807) is 13.0 Å². The molecule has 0 saturated carbocycles. The van der Waals surface area contributed by atoms with Gasteiger partial charge in [0.25, 0.3) is 5.69 Å². The van der Waals surface area contributed by atoms with Gasteiger partial charge in [0.05, 0.1) is 26.4 Å². The summed E-state index contributed by atoms with van der Waals surface area (Å²) in [5.74, 6) is 0. The molecule has 28 heavy (non-hydrogen) atoms. The molecule has 0 amide bonds. The van der Waals surface area contributed by atoms with Gasteiger partial charge in [-0.1, -0.05) is 30.7 Å². The number of rotatable bonds is 6. The van der Waals surface area contributed by atoms with Crippen LogP contribution in [0.5, 0.6) is 0 Å². The highest BCUT2D eigenvalue weighted by Gasteiger charge is 2.36. The highest BCUT2D eigenvalue weighted by molar-refractivity contribution is 7.89. The Morgan fingerprint density at radius 1 is 1.29 bits per heavy atom. The average Bonchev–Trinajstić information content (AvgIpc) is 2.57. The van der Waals surface area contributed by atoms with Crippen LogP contribution in [0, 0.1) is 10.1 Å². The molecule has 0 fully saturated rings. The number of sulfonamides is 1. The van der Waals surface area contributed by atoms with Crippen LogP contribution in [0.3, 0.4) is 0 Å². The van der Waals surface area contributed by atoms with Crippen LogP contribution in [0.25, 0.3) is 0 Å². The second kappa shape index (κ2) is 7.94. The van der Waals surface area contributed by atoms with Crippen molar-refractivity contribution < 1.29 is 26.5 Å². The number of nitro groups is 1. The first-order chi connectivity index (χ1) is 12.8. The Morgan fingerprint density at radius 2 is 1.93 bits per heavy atom. The summed E-state index contributed by atoms with van der Waals surface area (Å²) in [7, 11) is -3.97. The first-order valence-electron chi connectivity index (χ1n) is 7.79. The van der Waals surface area contributed by atoms with Gasteiger partial charge < -0.3 is 5.32 Å².